The summed E-state index contributed by atoms with van der Waals surface area (Å²) in [6, 6.07) is 3.51. The Morgan fingerprint density at radius 3 is 2.42 bits per heavy atom. The molecular formula is C12H20N2O3S2. The highest BCUT2D eigenvalue weighted by atomic mass is 32.2. The van der Waals surface area contributed by atoms with Crippen molar-refractivity contribution in [3.63, 3.8) is 0 Å². The van der Waals surface area contributed by atoms with Gasteiger partial charge in [0.1, 0.15) is 4.21 Å². The minimum Gasteiger partial charge on any atom is -0.392 e. The fourth-order valence-corrected chi connectivity index (χ4v) is 5.06. The Labute approximate surface area is 118 Å². The second-order valence-corrected chi connectivity index (χ2v) is 8.37. The maximum Gasteiger partial charge on any atom is 0.252 e. The van der Waals surface area contributed by atoms with Crippen LogP contribution in [0.2, 0.25) is 0 Å². The molecule has 1 aromatic rings. The molecule has 108 valence electrons. The summed E-state index contributed by atoms with van der Waals surface area (Å²) >= 11 is 1.32. The maximum absolute atomic E-state index is 12.4. The molecule has 19 heavy (non-hydrogen) atoms. The topological polar surface area (TPSA) is 60.9 Å². The molecule has 0 amide bonds. The van der Waals surface area contributed by atoms with Gasteiger partial charge in [0.2, 0.25) is 0 Å². The van der Waals surface area contributed by atoms with Crippen LogP contribution < -0.4 is 0 Å². The lowest BCUT2D eigenvalue weighted by Crippen LogP contribution is -2.49. The summed E-state index contributed by atoms with van der Waals surface area (Å²) in [5.41, 5.74) is 0. The van der Waals surface area contributed by atoms with E-state index in [9.17, 15) is 13.5 Å². The Morgan fingerprint density at radius 2 is 1.95 bits per heavy atom. The summed E-state index contributed by atoms with van der Waals surface area (Å²) in [7, 11) is -3.33. The van der Waals surface area contributed by atoms with E-state index in [2.05, 4.69) is 4.90 Å². The van der Waals surface area contributed by atoms with Crippen LogP contribution in [0.5, 0.6) is 0 Å². The van der Waals surface area contributed by atoms with Gasteiger partial charge in [0.25, 0.3) is 10.0 Å². The van der Waals surface area contributed by atoms with E-state index in [-0.39, 0.29) is 6.10 Å². The molecule has 1 atom stereocenters. The van der Waals surface area contributed by atoms with Gasteiger partial charge in [-0.3, -0.25) is 4.90 Å². The average molecular weight is 304 g/mol. The van der Waals surface area contributed by atoms with Crippen molar-refractivity contribution >= 4 is 21.4 Å². The van der Waals surface area contributed by atoms with Crippen molar-refractivity contribution < 1.29 is 13.5 Å². The number of rotatable bonds is 4. The van der Waals surface area contributed by atoms with Gasteiger partial charge in [-0.25, -0.2) is 8.42 Å². The number of aryl methyl sites for hydroxylation is 1. The number of aliphatic hydroxyl groups excluding tert-OH is 1. The second-order valence-electron chi connectivity index (χ2n) is 4.92. The van der Waals surface area contributed by atoms with Crippen LogP contribution in [-0.4, -0.2) is 61.6 Å². The summed E-state index contributed by atoms with van der Waals surface area (Å²) in [6.07, 6.45) is -0.372. The second kappa shape index (κ2) is 5.88. The Bertz CT molecular complexity index is 517. The molecule has 0 spiro atoms. The molecule has 0 aromatic carbocycles. The number of hydrogen-bond donors (Lipinski definition) is 1. The highest BCUT2D eigenvalue weighted by Crippen LogP contribution is 2.25. The van der Waals surface area contributed by atoms with Gasteiger partial charge in [-0.15, -0.1) is 11.3 Å². The Balaban J connectivity index is 2.01. The molecule has 2 rings (SSSR count). The Kier molecular flexibility index (Phi) is 4.62. The third kappa shape index (κ3) is 3.55. The van der Waals surface area contributed by atoms with Crippen molar-refractivity contribution in [1.29, 1.82) is 0 Å². The number of piperazine rings is 1. The Morgan fingerprint density at radius 1 is 1.32 bits per heavy atom. The first-order chi connectivity index (χ1) is 8.89. The molecule has 0 radical (unpaired) electrons. The Hall–Kier alpha value is -0.470. The molecule has 1 aromatic heterocycles. The van der Waals surface area contributed by atoms with Crippen LogP contribution in [-0.2, 0) is 10.0 Å². The maximum atomic E-state index is 12.4. The molecule has 5 nitrogen and oxygen atoms in total. The standard InChI is InChI=1S/C12H20N2O3S2/c1-10(15)9-13-5-7-14(8-6-13)19(16,17)12-4-3-11(2)18-12/h3-4,10,15H,5-9H2,1-2H3. The van der Waals surface area contributed by atoms with E-state index in [4.69, 9.17) is 0 Å². The number of nitrogens with zero attached hydrogens (tertiary/aromatic N) is 2. The summed E-state index contributed by atoms with van der Waals surface area (Å²) < 4.78 is 26.8. The van der Waals surface area contributed by atoms with Gasteiger partial charge in [0, 0.05) is 37.6 Å². The average Bonchev–Trinajstić information content (AvgIpc) is 2.76. The monoisotopic (exact) mass is 304 g/mol. The van der Waals surface area contributed by atoms with Crippen LogP contribution in [0.1, 0.15) is 11.8 Å². The van der Waals surface area contributed by atoms with Gasteiger partial charge in [0.15, 0.2) is 0 Å². The summed E-state index contributed by atoms with van der Waals surface area (Å²) in [5.74, 6) is 0. The van der Waals surface area contributed by atoms with E-state index in [0.717, 1.165) is 4.88 Å². The van der Waals surface area contributed by atoms with E-state index in [0.29, 0.717) is 36.9 Å². The first kappa shape index (κ1) is 14.9. The largest absolute Gasteiger partial charge is 0.392 e. The molecule has 1 unspecified atom stereocenters. The predicted molar refractivity (Wildman–Crippen MR) is 75.9 cm³/mol. The molecule has 1 saturated heterocycles. The van der Waals surface area contributed by atoms with Crippen molar-refractivity contribution in [3.8, 4) is 0 Å². The molecule has 7 heteroatoms. The molecule has 2 heterocycles. The molecule has 0 saturated carbocycles. The van der Waals surface area contributed by atoms with Crippen molar-refractivity contribution in [2.24, 2.45) is 0 Å². The van der Waals surface area contributed by atoms with Crippen molar-refractivity contribution in [3.05, 3.63) is 17.0 Å². The lowest BCUT2D eigenvalue weighted by atomic mass is 10.3. The first-order valence-corrected chi connectivity index (χ1v) is 8.62. The fraction of sp³-hybridized carbons (Fsp3) is 0.667. The zero-order valence-electron chi connectivity index (χ0n) is 11.2. The molecule has 0 bridgehead atoms. The third-order valence-corrected chi connectivity index (χ3v) is 6.53. The van der Waals surface area contributed by atoms with Crippen LogP contribution in [0, 0.1) is 6.92 Å². The quantitative estimate of drug-likeness (QED) is 0.891. The van der Waals surface area contributed by atoms with Gasteiger partial charge in [-0.1, -0.05) is 0 Å². The molecule has 1 fully saturated rings. The SMILES string of the molecule is Cc1ccc(S(=O)(=O)N2CCN(CC(C)O)CC2)s1. The summed E-state index contributed by atoms with van der Waals surface area (Å²) in [4.78, 5) is 3.10. The van der Waals surface area contributed by atoms with E-state index in [1.165, 1.54) is 15.6 Å². The van der Waals surface area contributed by atoms with Crippen LogP contribution in [0.3, 0.4) is 0 Å². The van der Waals surface area contributed by atoms with Gasteiger partial charge in [0.05, 0.1) is 6.10 Å². The van der Waals surface area contributed by atoms with Crippen molar-refractivity contribution in [2.45, 2.75) is 24.2 Å². The van der Waals surface area contributed by atoms with Crippen LogP contribution in [0.25, 0.3) is 0 Å². The minimum atomic E-state index is -3.33. The highest BCUT2D eigenvalue weighted by molar-refractivity contribution is 7.91. The minimum absolute atomic E-state index is 0.372. The lowest BCUT2D eigenvalue weighted by Gasteiger charge is -2.34. The van der Waals surface area contributed by atoms with Gasteiger partial charge >= 0.3 is 0 Å². The molecule has 1 aliphatic rings. The molecular weight excluding hydrogens is 284 g/mol. The van der Waals surface area contributed by atoms with Gasteiger partial charge in [-0.05, 0) is 26.0 Å². The van der Waals surface area contributed by atoms with E-state index in [1.54, 1.807) is 13.0 Å². The zero-order chi connectivity index (χ0) is 14.0. The highest BCUT2D eigenvalue weighted by Gasteiger charge is 2.29. The number of aliphatic hydroxyl groups is 1. The van der Waals surface area contributed by atoms with E-state index >= 15 is 0 Å². The van der Waals surface area contributed by atoms with E-state index < -0.39 is 10.0 Å². The van der Waals surface area contributed by atoms with Gasteiger partial charge < -0.3 is 5.11 Å². The smallest absolute Gasteiger partial charge is 0.252 e. The third-order valence-electron chi connectivity index (χ3n) is 3.16. The number of β-amino-alcohol motifs (C(OH)–C–C–N with tert-alkyl or cyclic N) is 1. The van der Waals surface area contributed by atoms with Gasteiger partial charge in [-0.2, -0.15) is 4.31 Å². The zero-order valence-corrected chi connectivity index (χ0v) is 12.9. The van der Waals surface area contributed by atoms with Crippen LogP contribution in [0.15, 0.2) is 16.3 Å². The van der Waals surface area contributed by atoms with Crippen molar-refractivity contribution in [2.75, 3.05) is 32.7 Å². The fourth-order valence-electron chi connectivity index (χ4n) is 2.20. The number of sulfonamides is 1. The summed E-state index contributed by atoms with van der Waals surface area (Å²) in [5, 5.41) is 9.34. The predicted octanol–water partition coefficient (Wildman–Crippen LogP) is 0.744. The van der Waals surface area contributed by atoms with E-state index in [1.807, 2.05) is 13.0 Å². The van der Waals surface area contributed by atoms with Crippen LogP contribution in [0.4, 0.5) is 0 Å². The van der Waals surface area contributed by atoms with Crippen molar-refractivity contribution in [1.82, 2.24) is 9.21 Å². The number of thiophene rings is 1. The first-order valence-electron chi connectivity index (χ1n) is 6.36. The molecule has 1 aliphatic heterocycles. The number of hydrogen-bond acceptors (Lipinski definition) is 5. The molecule has 1 N–H and O–H groups in total. The summed E-state index contributed by atoms with van der Waals surface area (Å²) in [6.45, 7) is 6.59. The lowest BCUT2D eigenvalue weighted by molar-refractivity contribution is 0.103. The molecule has 0 aliphatic carbocycles. The normalized spacial score (nSPS) is 20.6. The van der Waals surface area contributed by atoms with Crippen LogP contribution >= 0.6 is 11.3 Å².